The molecule has 0 amide bonds. The highest BCUT2D eigenvalue weighted by Gasteiger charge is 2.52. The highest BCUT2D eigenvalue weighted by atomic mass is 14.9. The molecule has 4 aliphatic carbocycles. The van der Waals surface area contributed by atoms with Crippen molar-refractivity contribution in [2.24, 2.45) is 17.8 Å². The highest BCUT2D eigenvalue weighted by molar-refractivity contribution is 5.40. The maximum absolute atomic E-state index is 3.61. The molecule has 5 aliphatic rings. The van der Waals surface area contributed by atoms with E-state index >= 15 is 0 Å². The number of fused-ring (bicyclic) bond motifs is 1. The van der Waals surface area contributed by atoms with Gasteiger partial charge in [-0.3, -0.25) is 0 Å². The normalized spacial score (nSPS) is 43.5. The maximum atomic E-state index is 3.61. The van der Waals surface area contributed by atoms with Crippen molar-refractivity contribution in [1.82, 2.24) is 10.3 Å². The SMILES string of the molecule is c1[nH]c2c(c1C13CC4CC(CC(C4)C1)C3)CNCC2. The van der Waals surface area contributed by atoms with Crippen LogP contribution in [0.25, 0.3) is 0 Å². The van der Waals surface area contributed by atoms with E-state index in [1.54, 1.807) is 30.4 Å². The van der Waals surface area contributed by atoms with Crippen molar-refractivity contribution < 1.29 is 0 Å². The summed E-state index contributed by atoms with van der Waals surface area (Å²) in [6, 6.07) is 0. The van der Waals surface area contributed by atoms with Gasteiger partial charge in [0.05, 0.1) is 0 Å². The van der Waals surface area contributed by atoms with Crippen molar-refractivity contribution in [2.75, 3.05) is 6.54 Å². The Morgan fingerprint density at radius 3 is 2.37 bits per heavy atom. The van der Waals surface area contributed by atoms with Gasteiger partial charge >= 0.3 is 0 Å². The molecular weight excluding hydrogens is 232 g/mol. The first-order chi connectivity index (χ1) is 9.32. The van der Waals surface area contributed by atoms with Crippen molar-refractivity contribution in [3.63, 3.8) is 0 Å². The molecule has 6 rings (SSSR count). The van der Waals surface area contributed by atoms with Crippen molar-refractivity contribution in [3.05, 3.63) is 23.0 Å². The quantitative estimate of drug-likeness (QED) is 0.794. The van der Waals surface area contributed by atoms with Crippen LogP contribution in [0.4, 0.5) is 0 Å². The second kappa shape index (κ2) is 3.66. The van der Waals surface area contributed by atoms with Gasteiger partial charge in [-0.15, -0.1) is 0 Å². The molecule has 102 valence electrons. The second-order valence-corrected chi connectivity index (χ2v) is 7.78. The van der Waals surface area contributed by atoms with Crippen LogP contribution in [-0.4, -0.2) is 11.5 Å². The van der Waals surface area contributed by atoms with Gasteiger partial charge < -0.3 is 10.3 Å². The largest absolute Gasteiger partial charge is 0.364 e. The molecule has 1 aromatic rings. The molecule has 19 heavy (non-hydrogen) atoms. The number of aromatic nitrogens is 1. The lowest BCUT2D eigenvalue weighted by Crippen LogP contribution is -2.49. The van der Waals surface area contributed by atoms with E-state index in [-0.39, 0.29) is 0 Å². The van der Waals surface area contributed by atoms with E-state index in [9.17, 15) is 0 Å². The zero-order valence-electron chi connectivity index (χ0n) is 11.7. The molecule has 0 radical (unpaired) electrons. The van der Waals surface area contributed by atoms with Crippen molar-refractivity contribution in [2.45, 2.75) is 56.9 Å². The fraction of sp³-hybridized carbons (Fsp3) is 0.765. The standard InChI is InChI=1S/C17H24N2/c1-2-18-9-14-15(10-19-16(1)14)17-6-11-3-12(7-17)5-13(4-11)8-17/h10-13,18-19H,1-9H2. The van der Waals surface area contributed by atoms with E-state index in [2.05, 4.69) is 16.5 Å². The third kappa shape index (κ3) is 1.47. The molecule has 0 aromatic carbocycles. The lowest BCUT2D eigenvalue weighted by molar-refractivity contribution is -0.00557. The van der Waals surface area contributed by atoms with E-state index in [0.29, 0.717) is 5.41 Å². The van der Waals surface area contributed by atoms with E-state index < -0.39 is 0 Å². The summed E-state index contributed by atoms with van der Waals surface area (Å²) in [6.45, 7) is 2.25. The first-order valence-corrected chi connectivity index (χ1v) is 8.23. The summed E-state index contributed by atoms with van der Waals surface area (Å²) in [5.41, 5.74) is 5.46. The first kappa shape index (κ1) is 11.0. The van der Waals surface area contributed by atoms with E-state index in [0.717, 1.165) is 30.8 Å². The third-order valence-electron chi connectivity index (χ3n) is 6.54. The van der Waals surface area contributed by atoms with E-state index in [1.165, 1.54) is 31.4 Å². The number of hydrogen-bond donors (Lipinski definition) is 2. The van der Waals surface area contributed by atoms with Crippen LogP contribution in [-0.2, 0) is 18.4 Å². The predicted octanol–water partition coefficient (Wildman–Crippen LogP) is 3.13. The van der Waals surface area contributed by atoms with Gasteiger partial charge in [0.1, 0.15) is 0 Å². The Hall–Kier alpha value is -0.760. The molecule has 4 fully saturated rings. The van der Waals surface area contributed by atoms with Crippen molar-refractivity contribution in [3.8, 4) is 0 Å². The summed E-state index contributed by atoms with van der Waals surface area (Å²) in [5, 5.41) is 3.58. The van der Waals surface area contributed by atoms with Crippen LogP contribution in [0.1, 0.15) is 55.3 Å². The van der Waals surface area contributed by atoms with Gasteiger partial charge in [0.15, 0.2) is 0 Å². The summed E-state index contributed by atoms with van der Waals surface area (Å²) in [4.78, 5) is 3.61. The van der Waals surface area contributed by atoms with Gasteiger partial charge in [-0.05, 0) is 72.8 Å². The molecule has 0 spiro atoms. The smallest absolute Gasteiger partial charge is 0.0226 e. The topological polar surface area (TPSA) is 27.8 Å². The molecular formula is C17H24N2. The summed E-state index contributed by atoms with van der Waals surface area (Å²) < 4.78 is 0. The van der Waals surface area contributed by atoms with Crippen LogP contribution in [0.3, 0.4) is 0 Å². The molecule has 2 nitrogen and oxygen atoms in total. The van der Waals surface area contributed by atoms with Gasteiger partial charge in [-0.2, -0.15) is 0 Å². The Morgan fingerprint density at radius 1 is 1.00 bits per heavy atom. The Labute approximate surface area is 115 Å². The minimum atomic E-state index is 0.567. The van der Waals surface area contributed by atoms with Gasteiger partial charge in [-0.25, -0.2) is 0 Å². The summed E-state index contributed by atoms with van der Waals surface area (Å²) >= 11 is 0. The minimum absolute atomic E-state index is 0.567. The Balaban J connectivity index is 1.60. The average Bonchev–Trinajstić information content (AvgIpc) is 2.81. The Morgan fingerprint density at radius 2 is 1.68 bits per heavy atom. The molecule has 2 heterocycles. The van der Waals surface area contributed by atoms with Crippen LogP contribution in [0, 0.1) is 17.8 Å². The summed E-state index contributed by atoms with van der Waals surface area (Å²) in [7, 11) is 0. The third-order valence-corrected chi connectivity index (χ3v) is 6.54. The Kier molecular flexibility index (Phi) is 2.11. The second-order valence-electron chi connectivity index (χ2n) is 7.78. The lowest BCUT2D eigenvalue weighted by atomic mass is 9.48. The van der Waals surface area contributed by atoms with Gasteiger partial charge in [0.2, 0.25) is 0 Å². The molecule has 0 saturated heterocycles. The summed E-state index contributed by atoms with van der Waals surface area (Å²) in [5.74, 6) is 3.15. The van der Waals surface area contributed by atoms with Crippen molar-refractivity contribution in [1.29, 1.82) is 0 Å². The number of rotatable bonds is 1. The monoisotopic (exact) mass is 256 g/mol. The number of aromatic amines is 1. The zero-order valence-corrected chi connectivity index (χ0v) is 11.7. The fourth-order valence-electron chi connectivity index (χ4n) is 6.26. The van der Waals surface area contributed by atoms with Crippen LogP contribution in [0.5, 0.6) is 0 Å². The Bertz CT molecular complexity index is 478. The zero-order chi connectivity index (χ0) is 12.4. The van der Waals surface area contributed by atoms with Crippen LogP contribution in [0.15, 0.2) is 6.20 Å². The van der Waals surface area contributed by atoms with Crippen LogP contribution in [0.2, 0.25) is 0 Å². The lowest BCUT2D eigenvalue weighted by Gasteiger charge is -2.57. The highest BCUT2D eigenvalue weighted by Crippen LogP contribution is 2.61. The molecule has 1 aliphatic heterocycles. The number of hydrogen-bond acceptors (Lipinski definition) is 1. The van der Waals surface area contributed by atoms with E-state index in [1.807, 2.05) is 0 Å². The van der Waals surface area contributed by atoms with Crippen molar-refractivity contribution >= 4 is 0 Å². The van der Waals surface area contributed by atoms with Crippen LogP contribution >= 0.6 is 0 Å². The van der Waals surface area contributed by atoms with E-state index in [4.69, 9.17) is 0 Å². The van der Waals surface area contributed by atoms with Gasteiger partial charge in [0.25, 0.3) is 0 Å². The predicted molar refractivity (Wildman–Crippen MR) is 76.1 cm³/mol. The molecule has 0 unspecified atom stereocenters. The van der Waals surface area contributed by atoms with Crippen LogP contribution < -0.4 is 5.32 Å². The average molecular weight is 256 g/mol. The molecule has 4 saturated carbocycles. The molecule has 0 atom stereocenters. The fourth-order valence-corrected chi connectivity index (χ4v) is 6.26. The molecule has 2 N–H and O–H groups in total. The maximum Gasteiger partial charge on any atom is 0.0226 e. The number of nitrogens with one attached hydrogen (secondary N) is 2. The summed E-state index contributed by atoms with van der Waals surface area (Å²) in [6.07, 6.45) is 12.7. The molecule has 1 aromatic heterocycles. The molecule has 4 bridgehead atoms. The first-order valence-electron chi connectivity index (χ1n) is 8.23. The molecule has 2 heteroatoms. The minimum Gasteiger partial charge on any atom is -0.364 e. The number of H-pyrrole nitrogens is 1. The van der Waals surface area contributed by atoms with Gasteiger partial charge in [-0.1, -0.05) is 0 Å². The van der Waals surface area contributed by atoms with Gasteiger partial charge in [0, 0.05) is 31.4 Å².